The predicted molar refractivity (Wildman–Crippen MR) is 112 cm³/mol. The van der Waals surface area contributed by atoms with Gasteiger partial charge in [0.25, 0.3) is 0 Å². The van der Waals surface area contributed by atoms with Crippen molar-refractivity contribution in [2.24, 2.45) is 0 Å². The number of nitrogens with zero attached hydrogens (tertiary/aromatic N) is 4. The van der Waals surface area contributed by atoms with Crippen LogP contribution in [0.3, 0.4) is 0 Å². The SMILES string of the molecule is Cc1cc(-c2cc(Cl)nc3c2c(C#N)cn3COCC[Si](C)(C)C)ccn1. The minimum absolute atomic E-state index is 0.352. The van der Waals surface area contributed by atoms with E-state index in [1.54, 1.807) is 18.5 Å². The molecule has 0 N–H and O–H groups in total. The third-order valence-electron chi connectivity index (χ3n) is 4.35. The Morgan fingerprint density at radius 1 is 1.30 bits per heavy atom. The van der Waals surface area contributed by atoms with Crippen LogP contribution in [0.4, 0.5) is 0 Å². The fourth-order valence-corrected chi connectivity index (χ4v) is 3.87. The highest BCUT2D eigenvalue weighted by Crippen LogP contribution is 2.33. The van der Waals surface area contributed by atoms with Crippen molar-refractivity contribution in [1.82, 2.24) is 14.5 Å². The summed E-state index contributed by atoms with van der Waals surface area (Å²) in [7, 11) is -1.15. The lowest BCUT2D eigenvalue weighted by atomic mass is 10.0. The average molecular weight is 399 g/mol. The van der Waals surface area contributed by atoms with Gasteiger partial charge in [-0.2, -0.15) is 5.26 Å². The lowest BCUT2D eigenvalue weighted by Gasteiger charge is -2.15. The lowest BCUT2D eigenvalue weighted by Crippen LogP contribution is -2.22. The van der Waals surface area contributed by atoms with E-state index in [0.29, 0.717) is 29.7 Å². The highest BCUT2D eigenvalue weighted by molar-refractivity contribution is 6.76. The Kier molecular flexibility index (Phi) is 5.66. The van der Waals surface area contributed by atoms with Crippen molar-refractivity contribution in [1.29, 1.82) is 5.26 Å². The number of fused-ring (bicyclic) bond motifs is 1. The lowest BCUT2D eigenvalue weighted by molar-refractivity contribution is 0.0898. The topological polar surface area (TPSA) is 63.7 Å². The first-order chi connectivity index (χ1) is 12.8. The molecule has 27 heavy (non-hydrogen) atoms. The smallest absolute Gasteiger partial charge is 0.145 e. The number of pyridine rings is 2. The maximum atomic E-state index is 9.65. The molecule has 7 heteroatoms. The van der Waals surface area contributed by atoms with Crippen molar-refractivity contribution in [2.45, 2.75) is 39.3 Å². The highest BCUT2D eigenvalue weighted by atomic mass is 35.5. The number of hydrogen-bond donors (Lipinski definition) is 0. The van der Waals surface area contributed by atoms with E-state index in [2.05, 4.69) is 35.7 Å². The molecular formula is C20H23ClN4OSi. The second-order valence-corrected chi connectivity index (χ2v) is 13.9. The quantitative estimate of drug-likeness (QED) is 0.323. The third kappa shape index (κ3) is 4.56. The first-order valence-electron chi connectivity index (χ1n) is 8.89. The molecule has 3 heterocycles. The largest absolute Gasteiger partial charge is 0.361 e. The summed E-state index contributed by atoms with van der Waals surface area (Å²) in [4.78, 5) is 8.72. The van der Waals surface area contributed by atoms with E-state index in [0.717, 1.165) is 28.3 Å². The van der Waals surface area contributed by atoms with Gasteiger partial charge < -0.3 is 9.30 Å². The molecule has 0 aliphatic heterocycles. The van der Waals surface area contributed by atoms with E-state index in [1.807, 2.05) is 23.6 Å². The number of ether oxygens (including phenoxy) is 1. The summed E-state index contributed by atoms with van der Waals surface area (Å²) in [6.45, 7) is 9.95. The monoisotopic (exact) mass is 398 g/mol. The summed E-state index contributed by atoms with van der Waals surface area (Å²) in [5.41, 5.74) is 3.98. The van der Waals surface area contributed by atoms with Crippen LogP contribution in [-0.4, -0.2) is 29.2 Å². The maximum absolute atomic E-state index is 9.65. The molecule has 0 atom stereocenters. The predicted octanol–water partition coefficient (Wildman–Crippen LogP) is 5.24. The van der Waals surface area contributed by atoms with Crippen LogP contribution in [0.2, 0.25) is 30.8 Å². The van der Waals surface area contributed by atoms with Gasteiger partial charge in [0, 0.05) is 38.2 Å². The van der Waals surface area contributed by atoms with E-state index in [4.69, 9.17) is 16.3 Å². The Labute approximate surface area is 165 Å². The van der Waals surface area contributed by atoms with Crippen LogP contribution < -0.4 is 0 Å². The number of nitriles is 1. The summed E-state index contributed by atoms with van der Waals surface area (Å²) in [6, 6.07) is 9.07. The van der Waals surface area contributed by atoms with Gasteiger partial charge in [0.2, 0.25) is 0 Å². The van der Waals surface area contributed by atoms with Crippen LogP contribution in [0.5, 0.6) is 0 Å². The van der Waals surface area contributed by atoms with Crippen LogP contribution in [0.25, 0.3) is 22.2 Å². The molecule has 0 radical (unpaired) electrons. The van der Waals surface area contributed by atoms with Crippen LogP contribution in [0.15, 0.2) is 30.6 Å². The normalized spacial score (nSPS) is 11.7. The second-order valence-electron chi connectivity index (χ2n) is 7.85. The molecule has 140 valence electrons. The molecule has 0 saturated heterocycles. The summed E-state index contributed by atoms with van der Waals surface area (Å²) in [5.74, 6) is 0. The Morgan fingerprint density at radius 3 is 2.74 bits per heavy atom. The number of aromatic nitrogens is 3. The standard InChI is InChI=1S/C20H23ClN4OSi/c1-14-9-15(5-6-23-14)17-10-18(21)24-20-19(17)16(11-22)12-25(20)13-26-7-8-27(2,3)4/h5-6,9-10,12H,7-8,13H2,1-4H3. The summed E-state index contributed by atoms with van der Waals surface area (Å²) >= 11 is 6.30. The molecule has 0 aliphatic carbocycles. The molecule has 3 rings (SSSR count). The van der Waals surface area contributed by atoms with E-state index in [-0.39, 0.29) is 0 Å². The van der Waals surface area contributed by atoms with Crippen molar-refractivity contribution >= 4 is 30.7 Å². The summed E-state index contributed by atoms with van der Waals surface area (Å²) < 4.78 is 7.72. The fourth-order valence-electron chi connectivity index (χ4n) is 2.92. The van der Waals surface area contributed by atoms with Gasteiger partial charge in [-0.05, 0) is 42.3 Å². The molecule has 0 unspecified atom stereocenters. The van der Waals surface area contributed by atoms with Crippen molar-refractivity contribution in [3.63, 3.8) is 0 Å². The number of halogens is 1. The number of aryl methyl sites for hydroxylation is 1. The first kappa shape index (κ1) is 19.6. The van der Waals surface area contributed by atoms with Gasteiger partial charge in [-0.1, -0.05) is 31.2 Å². The van der Waals surface area contributed by atoms with Gasteiger partial charge >= 0.3 is 0 Å². The number of hydrogen-bond acceptors (Lipinski definition) is 4. The molecule has 0 aromatic carbocycles. The van der Waals surface area contributed by atoms with Crippen LogP contribution in [0, 0.1) is 18.3 Å². The Balaban J connectivity index is 2.02. The van der Waals surface area contributed by atoms with E-state index in [1.165, 1.54) is 0 Å². The fraction of sp³-hybridized carbons (Fsp3) is 0.350. The highest BCUT2D eigenvalue weighted by Gasteiger charge is 2.17. The van der Waals surface area contributed by atoms with Gasteiger partial charge in [-0.3, -0.25) is 4.98 Å². The molecular weight excluding hydrogens is 376 g/mol. The van der Waals surface area contributed by atoms with Crippen LogP contribution in [0.1, 0.15) is 11.3 Å². The van der Waals surface area contributed by atoms with E-state index >= 15 is 0 Å². The minimum Gasteiger partial charge on any atom is -0.361 e. The molecule has 0 bridgehead atoms. The van der Waals surface area contributed by atoms with E-state index < -0.39 is 8.07 Å². The van der Waals surface area contributed by atoms with Crippen molar-refractivity contribution in [3.8, 4) is 17.2 Å². The molecule has 0 spiro atoms. The minimum atomic E-state index is -1.15. The molecule has 0 aliphatic rings. The Hall–Kier alpha value is -2.20. The van der Waals surface area contributed by atoms with Crippen molar-refractivity contribution < 1.29 is 4.74 Å². The molecule has 3 aromatic rings. The molecule has 0 fully saturated rings. The van der Waals surface area contributed by atoms with E-state index in [9.17, 15) is 5.26 Å². The van der Waals surface area contributed by atoms with Gasteiger partial charge in [0.15, 0.2) is 0 Å². The van der Waals surface area contributed by atoms with Gasteiger partial charge in [-0.25, -0.2) is 4.98 Å². The molecule has 0 amide bonds. The summed E-state index contributed by atoms with van der Waals surface area (Å²) in [5, 5.41) is 10.8. The van der Waals surface area contributed by atoms with Gasteiger partial charge in [0.05, 0.1) is 5.56 Å². The second kappa shape index (κ2) is 7.81. The molecule has 3 aromatic heterocycles. The van der Waals surface area contributed by atoms with Crippen molar-refractivity contribution in [2.75, 3.05) is 6.61 Å². The average Bonchev–Trinajstić information content (AvgIpc) is 2.95. The zero-order valence-corrected chi connectivity index (χ0v) is 17.8. The number of rotatable bonds is 6. The zero-order valence-electron chi connectivity index (χ0n) is 16.1. The first-order valence-corrected chi connectivity index (χ1v) is 13.0. The Bertz CT molecular complexity index is 1020. The van der Waals surface area contributed by atoms with Gasteiger partial charge in [0.1, 0.15) is 23.6 Å². The van der Waals surface area contributed by atoms with Gasteiger partial charge in [-0.15, -0.1) is 0 Å². The van der Waals surface area contributed by atoms with Crippen LogP contribution >= 0.6 is 11.6 Å². The maximum Gasteiger partial charge on any atom is 0.145 e. The third-order valence-corrected chi connectivity index (χ3v) is 6.25. The molecule has 5 nitrogen and oxygen atoms in total. The zero-order chi connectivity index (χ0) is 19.6. The molecule has 0 saturated carbocycles. The van der Waals surface area contributed by atoms with Crippen molar-refractivity contribution in [3.05, 3.63) is 47.0 Å². The van der Waals surface area contributed by atoms with Crippen LogP contribution in [-0.2, 0) is 11.5 Å². The summed E-state index contributed by atoms with van der Waals surface area (Å²) in [6.07, 6.45) is 3.55. The Morgan fingerprint density at radius 2 is 2.07 bits per heavy atom.